The van der Waals surface area contributed by atoms with Crippen LogP contribution in [0, 0.1) is 10.1 Å². The van der Waals surface area contributed by atoms with E-state index in [0.29, 0.717) is 29.7 Å². The Morgan fingerprint density at radius 3 is 2.70 bits per heavy atom. The number of nitrogens with zero attached hydrogens (tertiary/aromatic N) is 1. The maximum atomic E-state index is 12.1. The van der Waals surface area contributed by atoms with E-state index in [0.717, 1.165) is 6.42 Å². The first-order valence-electron chi connectivity index (χ1n) is 8.54. The fourth-order valence-electron chi connectivity index (χ4n) is 2.75. The average Bonchev–Trinajstić information content (AvgIpc) is 2.61. The van der Waals surface area contributed by atoms with Gasteiger partial charge in [0.25, 0.3) is 11.2 Å². The van der Waals surface area contributed by atoms with Gasteiger partial charge in [0.05, 0.1) is 11.5 Å². The van der Waals surface area contributed by atoms with Crippen molar-refractivity contribution < 1.29 is 14.5 Å². The van der Waals surface area contributed by atoms with Gasteiger partial charge in [0, 0.05) is 29.4 Å². The number of para-hydroxylation sites is 1. The third-order valence-electron chi connectivity index (χ3n) is 4.01. The summed E-state index contributed by atoms with van der Waals surface area (Å²) >= 11 is 0. The minimum atomic E-state index is -0.807. The molecule has 0 aliphatic rings. The lowest BCUT2D eigenvalue weighted by Crippen LogP contribution is -2.18. The summed E-state index contributed by atoms with van der Waals surface area (Å²) in [6.45, 7) is 2.13. The molecule has 0 saturated heterocycles. The van der Waals surface area contributed by atoms with Crippen molar-refractivity contribution in [1.29, 1.82) is 0 Å². The molecule has 0 aliphatic heterocycles. The molecule has 1 atom stereocenters. The van der Waals surface area contributed by atoms with Crippen LogP contribution in [-0.4, -0.2) is 28.6 Å². The topological polar surface area (TPSA) is 140 Å². The van der Waals surface area contributed by atoms with Crippen molar-refractivity contribution in [1.82, 2.24) is 4.98 Å². The fourth-order valence-corrected chi connectivity index (χ4v) is 2.75. The molecule has 2 aromatic rings. The molecule has 9 nitrogen and oxygen atoms in total. The number of unbranched alkanes of at least 4 members (excludes halogenated alkanes) is 1. The molecule has 144 valence electrons. The Morgan fingerprint density at radius 1 is 1.30 bits per heavy atom. The number of pyridine rings is 1. The Bertz CT molecular complexity index is 865. The minimum absolute atomic E-state index is 0.0961. The second-order valence-electron chi connectivity index (χ2n) is 6.08. The molecule has 0 fully saturated rings. The van der Waals surface area contributed by atoms with Crippen molar-refractivity contribution >= 4 is 17.5 Å². The van der Waals surface area contributed by atoms with Crippen LogP contribution in [0.25, 0.3) is 11.1 Å². The van der Waals surface area contributed by atoms with Gasteiger partial charge in [-0.2, -0.15) is 0 Å². The number of nitrogens with two attached hydrogens (primary N) is 1. The Morgan fingerprint density at radius 2 is 2.04 bits per heavy atom. The van der Waals surface area contributed by atoms with Crippen LogP contribution in [0.3, 0.4) is 0 Å². The van der Waals surface area contributed by atoms with Gasteiger partial charge in [0.15, 0.2) is 0 Å². The Balaban J connectivity index is 2.19. The number of nitrogens with one attached hydrogen (secondary N) is 2. The van der Waals surface area contributed by atoms with Crippen LogP contribution in [0.15, 0.2) is 41.3 Å². The quantitative estimate of drug-likeness (QED) is 0.350. The van der Waals surface area contributed by atoms with Crippen molar-refractivity contribution in [2.45, 2.75) is 32.2 Å². The molecule has 0 radical (unpaired) electrons. The van der Waals surface area contributed by atoms with Crippen LogP contribution < -0.4 is 16.6 Å². The molecular weight excluding hydrogens is 352 g/mol. The number of amides is 1. The lowest BCUT2D eigenvalue weighted by Gasteiger charge is -2.18. The zero-order valence-corrected chi connectivity index (χ0v) is 14.9. The number of benzene rings is 1. The van der Waals surface area contributed by atoms with Crippen LogP contribution in [0.5, 0.6) is 0 Å². The monoisotopic (exact) mass is 374 g/mol. The van der Waals surface area contributed by atoms with E-state index < -0.39 is 11.0 Å². The normalized spacial score (nSPS) is 11.6. The minimum Gasteiger partial charge on any atom is -0.450 e. The summed E-state index contributed by atoms with van der Waals surface area (Å²) < 4.78 is 4.67. The number of nitro benzene ring substituents is 1. The van der Waals surface area contributed by atoms with Gasteiger partial charge in [-0.05, 0) is 38.3 Å². The van der Waals surface area contributed by atoms with Crippen molar-refractivity contribution in [2.24, 2.45) is 5.73 Å². The van der Waals surface area contributed by atoms with Gasteiger partial charge in [-0.1, -0.05) is 12.1 Å². The molecule has 1 unspecified atom stereocenters. The van der Waals surface area contributed by atoms with E-state index in [-0.39, 0.29) is 23.9 Å². The summed E-state index contributed by atoms with van der Waals surface area (Å²) in [5.41, 5.74) is 5.61. The molecule has 27 heavy (non-hydrogen) atoms. The van der Waals surface area contributed by atoms with Crippen LogP contribution in [0.1, 0.15) is 26.2 Å². The Labute approximate surface area is 155 Å². The number of aromatic nitrogens is 1. The van der Waals surface area contributed by atoms with Gasteiger partial charge in [0.2, 0.25) is 0 Å². The number of hydrogen-bond acceptors (Lipinski definition) is 6. The van der Waals surface area contributed by atoms with E-state index in [2.05, 4.69) is 15.0 Å². The number of rotatable bonds is 9. The predicted molar refractivity (Wildman–Crippen MR) is 102 cm³/mol. The summed E-state index contributed by atoms with van der Waals surface area (Å²) in [6.07, 6.45) is 2.77. The second-order valence-corrected chi connectivity index (χ2v) is 6.08. The van der Waals surface area contributed by atoms with Gasteiger partial charge in [-0.25, -0.2) is 4.79 Å². The van der Waals surface area contributed by atoms with Crippen molar-refractivity contribution in [3.8, 4) is 11.1 Å². The Kier molecular flexibility index (Phi) is 6.93. The largest absolute Gasteiger partial charge is 0.450 e. The molecule has 2 rings (SSSR count). The van der Waals surface area contributed by atoms with E-state index in [1.165, 1.54) is 12.3 Å². The molecular formula is C18H22N4O5. The van der Waals surface area contributed by atoms with Gasteiger partial charge in [0.1, 0.15) is 5.69 Å². The number of H-pyrrole nitrogens is 1. The summed E-state index contributed by atoms with van der Waals surface area (Å²) in [4.78, 5) is 36.2. The molecule has 0 aliphatic carbocycles. The molecule has 0 saturated carbocycles. The number of hydrogen-bond donors (Lipinski definition) is 3. The van der Waals surface area contributed by atoms with Gasteiger partial charge < -0.3 is 20.8 Å². The molecule has 1 heterocycles. The highest BCUT2D eigenvalue weighted by atomic mass is 16.6. The molecule has 1 aromatic heterocycles. The zero-order valence-electron chi connectivity index (χ0n) is 14.9. The Hall–Kier alpha value is -3.36. The van der Waals surface area contributed by atoms with Crippen LogP contribution in [-0.2, 0) is 4.74 Å². The number of aromatic amines is 1. The van der Waals surface area contributed by atoms with E-state index in [4.69, 9.17) is 5.73 Å². The van der Waals surface area contributed by atoms with Crippen LogP contribution in [0.2, 0.25) is 0 Å². The van der Waals surface area contributed by atoms with Gasteiger partial charge in [-0.3, -0.25) is 14.9 Å². The van der Waals surface area contributed by atoms with Crippen molar-refractivity contribution in [3.63, 3.8) is 0 Å². The summed E-state index contributed by atoms with van der Waals surface area (Å²) in [5.74, 6) is 0. The first kappa shape index (κ1) is 20.0. The number of nitro groups is 1. The molecule has 0 spiro atoms. The standard InChI is InChI=1S/C18H22N4O5/c1-12(6-2-3-11-27-18(19)24)21-16-13(7-4-9-15(16)22(25)26)14-8-5-10-20-17(14)23/h4-5,7-10,12,21H,2-3,6,11H2,1H3,(H2,19,24)(H,20,23). The van der Waals surface area contributed by atoms with Gasteiger partial charge >= 0.3 is 6.09 Å². The average molecular weight is 374 g/mol. The lowest BCUT2D eigenvalue weighted by atomic mass is 10.0. The molecule has 0 bridgehead atoms. The van der Waals surface area contributed by atoms with Crippen LogP contribution >= 0.6 is 0 Å². The third kappa shape index (κ3) is 5.56. The van der Waals surface area contributed by atoms with Crippen LogP contribution in [0.4, 0.5) is 16.2 Å². The highest BCUT2D eigenvalue weighted by Crippen LogP contribution is 2.35. The molecule has 1 amide bonds. The molecule has 9 heteroatoms. The molecule has 4 N–H and O–H groups in total. The number of carbonyl (C=O) groups is 1. The van der Waals surface area contributed by atoms with Crippen molar-refractivity contribution in [3.05, 3.63) is 57.0 Å². The smallest absolute Gasteiger partial charge is 0.404 e. The lowest BCUT2D eigenvalue weighted by molar-refractivity contribution is -0.383. The van der Waals surface area contributed by atoms with Crippen molar-refractivity contribution in [2.75, 3.05) is 11.9 Å². The first-order chi connectivity index (χ1) is 12.9. The highest BCUT2D eigenvalue weighted by molar-refractivity contribution is 5.84. The summed E-state index contributed by atoms with van der Waals surface area (Å²) in [5, 5.41) is 14.6. The predicted octanol–water partition coefficient (Wildman–Crippen LogP) is 3.02. The zero-order chi connectivity index (χ0) is 19.8. The summed E-state index contributed by atoms with van der Waals surface area (Å²) in [7, 11) is 0. The number of ether oxygens (including phenoxy) is 1. The van der Waals surface area contributed by atoms with E-state index in [1.807, 2.05) is 6.92 Å². The molecule has 1 aromatic carbocycles. The third-order valence-corrected chi connectivity index (χ3v) is 4.01. The summed E-state index contributed by atoms with van der Waals surface area (Å²) in [6, 6.07) is 7.82. The maximum absolute atomic E-state index is 12.1. The van der Waals surface area contributed by atoms with E-state index in [1.54, 1.807) is 24.3 Å². The number of anilines is 1. The fraction of sp³-hybridized carbons (Fsp3) is 0.333. The highest BCUT2D eigenvalue weighted by Gasteiger charge is 2.21. The number of carbonyl (C=O) groups excluding carboxylic acids is 1. The number of primary amides is 1. The van der Waals surface area contributed by atoms with Gasteiger partial charge in [-0.15, -0.1) is 0 Å². The second kappa shape index (κ2) is 9.37. The maximum Gasteiger partial charge on any atom is 0.404 e. The van der Waals surface area contributed by atoms with E-state index >= 15 is 0 Å². The van der Waals surface area contributed by atoms with E-state index in [9.17, 15) is 19.7 Å². The first-order valence-corrected chi connectivity index (χ1v) is 8.54. The SMILES string of the molecule is CC(CCCCOC(N)=O)Nc1c(-c2ccc[nH]c2=O)cccc1[N+](=O)[O-].